The van der Waals surface area contributed by atoms with Gasteiger partial charge in [0.15, 0.2) is 0 Å². The lowest BCUT2D eigenvalue weighted by atomic mass is 9.97. The monoisotopic (exact) mass is 280 g/mol. The number of hydrogen-bond acceptors (Lipinski definition) is 6. The Bertz CT molecular complexity index is 409. The van der Waals surface area contributed by atoms with Crippen LogP contribution in [0, 0.1) is 5.41 Å². The zero-order valence-electron chi connectivity index (χ0n) is 13.6. The minimum Gasteiger partial charge on any atom is -0.354 e. The minimum atomic E-state index is 0.181. The smallest absolute Gasteiger partial charge is 0.231 e. The maximum atomic E-state index is 4.51. The molecule has 6 heteroatoms. The molecule has 1 heterocycles. The first-order valence-corrected chi connectivity index (χ1v) is 7.38. The molecule has 0 saturated carbocycles. The van der Waals surface area contributed by atoms with Gasteiger partial charge in [0.2, 0.25) is 17.8 Å². The van der Waals surface area contributed by atoms with Crippen LogP contribution >= 0.6 is 0 Å². The normalized spacial score (nSPS) is 11.3. The third-order valence-corrected chi connectivity index (χ3v) is 2.78. The van der Waals surface area contributed by atoms with Gasteiger partial charge in [-0.15, -0.1) is 0 Å². The molecule has 1 aromatic rings. The second-order valence-electron chi connectivity index (χ2n) is 5.90. The fourth-order valence-corrected chi connectivity index (χ4v) is 1.67. The predicted octanol–water partition coefficient (Wildman–Crippen LogP) is 2.61. The van der Waals surface area contributed by atoms with Gasteiger partial charge in [0, 0.05) is 26.2 Å². The van der Waals surface area contributed by atoms with E-state index in [4.69, 9.17) is 0 Å². The molecule has 0 bridgehead atoms. The Kier molecular flexibility index (Phi) is 5.98. The van der Waals surface area contributed by atoms with Gasteiger partial charge in [-0.25, -0.2) is 0 Å². The second kappa shape index (κ2) is 7.26. The van der Waals surface area contributed by atoms with Crippen molar-refractivity contribution in [3.05, 3.63) is 0 Å². The summed E-state index contributed by atoms with van der Waals surface area (Å²) in [6, 6.07) is 0. The van der Waals surface area contributed by atoms with Gasteiger partial charge in [-0.3, -0.25) is 0 Å². The van der Waals surface area contributed by atoms with Gasteiger partial charge in [0.25, 0.3) is 0 Å². The van der Waals surface area contributed by atoms with Crippen LogP contribution in [-0.4, -0.2) is 41.1 Å². The van der Waals surface area contributed by atoms with Crippen molar-refractivity contribution in [1.82, 2.24) is 15.0 Å². The molecule has 20 heavy (non-hydrogen) atoms. The van der Waals surface area contributed by atoms with E-state index in [-0.39, 0.29) is 5.41 Å². The first-order valence-electron chi connectivity index (χ1n) is 7.38. The molecule has 0 aliphatic heterocycles. The summed E-state index contributed by atoms with van der Waals surface area (Å²) in [6.07, 6.45) is 0. The predicted molar refractivity (Wildman–Crippen MR) is 85.5 cm³/mol. The first-order chi connectivity index (χ1) is 9.39. The van der Waals surface area contributed by atoms with Crippen LogP contribution in [0.5, 0.6) is 0 Å². The second-order valence-corrected chi connectivity index (χ2v) is 5.90. The van der Waals surface area contributed by atoms with Gasteiger partial charge in [0.05, 0.1) is 0 Å². The Hall–Kier alpha value is -1.59. The molecule has 0 aliphatic carbocycles. The van der Waals surface area contributed by atoms with E-state index in [9.17, 15) is 0 Å². The molecule has 2 N–H and O–H groups in total. The first kappa shape index (κ1) is 16.5. The molecule has 0 unspecified atom stereocenters. The lowest BCUT2D eigenvalue weighted by Gasteiger charge is -2.22. The Balaban J connectivity index is 2.97. The molecule has 6 nitrogen and oxygen atoms in total. The van der Waals surface area contributed by atoms with E-state index in [0.717, 1.165) is 32.1 Å². The average molecular weight is 280 g/mol. The van der Waals surface area contributed by atoms with Gasteiger partial charge in [-0.05, 0) is 26.2 Å². The molecule has 0 fully saturated rings. The number of aromatic nitrogens is 3. The van der Waals surface area contributed by atoms with Crippen molar-refractivity contribution >= 4 is 17.8 Å². The maximum absolute atomic E-state index is 4.51. The third kappa shape index (κ3) is 5.19. The summed E-state index contributed by atoms with van der Waals surface area (Å²) in [5, 5.41) is 6.46. The van der Waals surface area contributed by atoms with Gasteiger partial charge in [-0.1, -0.05) is 20.8 Å². The molecular weight excluding hydrogens is 252 g/mol. The molecule has 0 amide bonds. The lowest BCUT2D eigenvalue weighted by molar-refractivity contribution is 0.441. The van der Waals surface area contributed by atoms with Crippen LogP contribution < -0.4 is 15.5 Å². The van der Waals surface area contributed by atoms with Gasteiger partial charge >= 0.3 is 0 Å². The SMILES string of the molecule is CCNc1nc(NCC(C)(C)C)nc(N(CC)CC)n1. The van der Waals surface area contributed by atoms with E-state index in [0.29, 0.717) is 11.9 Å². The van der Waals surface area contributed by atoms with Gasteiger partial charge < -0.3 is 15.5 Å². The minimum absolute atomic E-state index is 0.181. The van der Waals surface area contributed by atoms with Crippen molar-refractivity contribution in [2.75, 3.05) is 41.7 Å². The quantitative estimate of drug-likeness (QED) is 0.800. The summed E-state index contributed by atoms with van der Waals surface area (Å²) < 4.78 is 0. The van der Waals surface area contributed by atoms with E-state index < -0.39 is 0 Å². The fourth-order valence-electron chi connectivity index (χ4n) is 1.67. The summed E-state index contributed by atoms with van der Waals surface area (Å²) in [5.41, 5.74) is 0.181. The number of nitrogens with one attached hydrogen (secondary N) is 2. The van der Waals surface area contributed by atoms with Crippen LogP contribution in [0.4, 0.5) is 17.8 Å². The summed E-state index contributed by atoms with van der Waals surface area (Å²) in [6.45, 7) is 16.1. The van der Waals surface area contributed by atoms with E-state index in [2.05, 4.69) is 65.1 Å². The Morgan fingerprint density at radius 2 is 1.45 bits per heavy atom. The third-order valence-electron chi connectivity index (χ3n) is 2.78. The standard InChI is InChI=1S/C14H28N6/c1-7-15-11-17-12(16-10-14(4,5)6)19-13(18-11)20(8-2)9-3/h7-10H2,1-6H3,(H2,15,16,17,18,19). The van der Waals surface area contributed by atoms with Crippen LogP contribution in [-0.2, 0) is 0 Å². The highest BCUT2D eigenvalue weighted by Crippen LogP contribution is 2.16. The Morgan fingerprint density at radius 1 is 0.900 bits per heavy atom. The molecule has 0 radical (unpaired) electrons. The number of nitrogens with zero attached hydrogens (tertiary/aromatic N) is 4. The summed E-state index contributed by atoms with van der Waals surface area (Å²) >= 11 is 0. The Labute approximate surface area is 122 Å². The molecule has 0 aromatic carbocycles. The molecule has 0 spiro atoms. The van der Waals surface area contributed by atoms with E-state index in [1.807, 2.05) is 6.92 Å². The van der Waals surface area contributed by atoms with Crippen molar-refractivity contribution in [3.8, 4) is 0 Å². The molecule has 1 rings (SSSR count). The highest BCUT2D eigenvalue weighted by molar-refractivity contribution is 5.43. The van der Waals surface area contributed by atoms with E-state index in [1.165, 1.54) is 0 Å². The zero-order valence-corrected chi connectivity index (χ0v) is 13.6. The fraction of sp³-hybridized carbons (Fsp3) is 0.786. The van der Waals surface area contributed by atoms with Gasteiger partial charge in [-0.2, -0.15) is 15.0 Å². The summed E-state index contributed by atoms with van der Waals surface area (Å²) in [5.74, 6) is 1.98. The summed E-state index contributed by atoms with van der Waals surface area (Å²) in [4.78, 5) is 15.5. The molecule has 0 atom stereocenters. The number of rotatable bonds is 7. The van der Waals surface area contributed by atoms with Crippen molar-refractivity contribution in [3.63, 3.8) is 0 Å². The lowest BCUT2D eigenvalue weighted by Crippen LogP contribution is -2.26. The van der Waals surface area contributed by atoms with Crippen LogP contribution in [0.3, 0.4) is 0 Å². The number of hydrogen-bond donors (Lipinski definition) is 2. The van der Waals surface area contributed by atoms with Gasteiger partial charge in [0.1, 0.15) is 0 Å². The maximum Gasteiger partial charge on any atom is 0.231 e. The van der Waals surface area contributed by atoms with Crippen molar-refractivity contribution in [2.45, 2.75) is 41.5 Å². The number of anilines is 3. The van der Waals surface area contributed by atoms with Crippen LogP contribution in [0.25, 0.3) is 0 Å². The molecule has 0 saturated heterocycles. The largest absolute Gasteiger partial charge is 0.354 e. The average Bonchev–Trinajstić information content (AvgIpc) is 2.37. The zero-order chi connectivity index (χ0) is 15.2. The molecular formula is C14H28N6. The van der Waals surface area contributed by atoms with E-state index in [1.54, 1.807) is 0 Å². The molecule has 0 aliphatic rings. The van der Waals surface area contributed by atoms with Crippen LogP contribution in [0.1, 0.15) is 41.5 Å². The highest BCUT2D eigenvalue weighted by Gasteiger charge is 2.14. The highest BCUT2D eigenvalue weighted by atomic mass is 15.3. The Morgan fingerprint density at radius 3 is 1.90 bits per heavy atom. The molecule has 1 aromatic heterocycles. The summed E-state index contributed by atoms with van der Waals surface area (Å²) in [7, 11) is 0. The van der Waals surface area contributed by atoms with Crippen LogP contribution in [0.15, 0.2) is 0 Å². The van der Waals surface area contributed by atoms with E-state index >= 15 is 0 Å². The van der Waals surface area contributed by atoms with Crippen molar-refractivity contribution in [1.29, 1.82) is 0 Å². The van der Waals surface area contributed by atoms with Crippen molar-refractivity contribution in [2.24, 2.45) is 5.41 Å². The van der Waals surface area contributed by atoms with Crippen LogP contribution in [0.2, 0.25) is 0 Å². The topological polar surface area (TPSA) is 66.0 Å². The molecule has 114 valence electrons. The van der Waals surface area contributed by atoms with Crippen molar-refractivity contribution < 1.29 is 0 Å².